The van der Waals surface area contributed by atoms with Gasteiger partial charge in [-0.25, -0.2) is 8.78 Å². The van der Waals surface area contributed by atoms with Crippen molar-refractivity contribution in [3.63, 3.8) is 0 Å². The fourth-order valence-corrected chi connectivity index (χ4v) is 1.48. The molecular weight excluding hydrogens is 299 g/mol. The maximum atomic E-state index is 13.1. The van der Waals surface area contributed by atoms with Gasteiger partial charge >= 0.3 is 0 Å². The minimum Gasteiger partial charge on any atom is -0.313 e. The summed E-state index contributed by atoms with van der Waals surface area (Å²) in [6, 6.07) is 4.24. The second-order valence-electron chi connectivity index (χ2n) is 2.93. The molecule has 0 fully saturated rings. The third-order valence-corrected chi connectivity index (χ3v) is 2.60. The van der Waals surface area contributed by atoms with Gasteiger partial charge in [-0.3, -0.25) is 0 Å². The molecule has 1 N–H and O–H groups in total. The standard InChI is InChI=1S/C10H12F2IN/c11-9-4-1-3-8(10(9)12)7-14-6-2-5-13/h1,3-4,14H,2,5-7H2. The van der Waals surface area contributed by atoms with Crippen molar-refractivity contribution in [1.82, 2.24) is 5.32 Å². The highest BCUT2D eigenvalue weighted by atomic mass is 127. The molecule has 0 saturated carbocycles. The van der Waals surface area contributed by atoms with E-state index in [-0.39, 0.29) is 0 Å². The Morgan fingerprint density at radius 1 is 1.29 bits per heavy atom. The normalized spacial score (nSPS) is 10.5. The molecule has 0 radical (unpaired) electrons. The van der Waals surface area contributed by atoms with Crippen LogP contribution in [0.15, 0.2) is 18.2 Å². The van der Waals surface area contributed by atoms with E-state index in [0.29, 0.717) is 12.1 Å². The average molecular weight is 311 g/mol. The number of alkyl halides is 1. The molecule has 0 aliphatic heterocycles. The molecule has 0 bridgehead atoms. The Morgan fingerprint density at radius 2 is 2.07 bits per heavy atom. The lowest BCUT2D eigenvalue weighted by atomic mass is 10.2. The summed E-state index contributed by atoms with van der Waals surface area (Å²) >= 11 is 2.28. The van der Waals surface area contributed by atoms with Crippen LogP contribution in [0.5, 0.6) is 0 Å². The minimum atomic E-state index is -0.779. The first-order valence-electron chi connectivity index (χ1n) is 4.45. The number of nitrogens with one attached hydrogen (secondary N) is 1. The summed E-state index contributed by atoms with van der Waals surface area (Å²) in [6.45, 7) is 1.22. The van der Waals surface area contributed by atoms with Gasteiger partial charge in [-0.2, -0.15) is 0 Å². The van der Waals surface area contributed by atoms with E-state index >= 15 is 0 Å². The Labute approximate surface area is 96.0 Å². The molecule has 0 unspecified atom stereocenters. The molecule has 4 heteroatoms. The van der Waals surface area contributed by atoms with Gasteiger partial charge in [0.05, 0.1) is 0 Å². The summed E-state index contributed by atoms with van der Waals surface area (Å²) in [5.41, 5.74) is 0.387. The van der Waals surface area contributed by atoms with Crippen molar-refractivity contribution >= 4 is 22.6 Å². The van der Waals surface area contributed by atoms with E-state index in [0.717, 1.165) is 23.5 Å². The van der Waals surface area contributed by atoms with Crippen LogP contribution in [0.25, 0.3) is 0 Å². The van der Waals surface area contributed by atoms with Crippen molar-refractivity contribution < 1.29 is 8.78 Å². The first kappa shape index (κ1) is 11.8. The minimum absolute atomic E-state index is 0.387. The Bertz CT molecular complexity index is 291. The summed E-state index contributed by atoms with van der Waals surface area (Å²) in [4.78, 5) is 0. The number of halogens is 3. The van der Waals surface area contributed by atoms with Crippen LogP contribution in [-0.2, 0) is 6.54 Å². The van der Waals surface area contributed by atoms with Crippen LogP contribution in [0.4, 0.5) is 8.78 Å². The second kappa shape index (κ2) is 6.29. The van der Waals surface area contributed by atoms with Gasteiger partial charge in [-0.15, -0.1) is 0 Å². The molecule has 0 amide bonds. The second-order valence-corrected chi connectivity index (χ2v) is 4.01. The SMILES string of the molecule is Fc1cccc(CNCCCI)c1F. The zero-order valence-corrected chi connectivity index (χ0v) is 9.85. The highest BCUT2D eigenvalue weighted by molar-refractivity contribution is 14.1. The molecule has 78 valence electrons. The molecule has 1 nitrogen and oxygen atoms in total. The van der Waals surface area contributed by atoms with Gasteiger partial charge in [0.2, 0.25) is 0 Å². The highest BCUT2D eigenvalue weighted by Gasteiger charge is 2.05. The summed E-state index contributed by atoms with van der Waals surface area (Å²) in [5, 5.41) is 3.06. The Hall–Kier alpha value is -0.230. The van der Waals surface area contributed by atoms with Crippen molar-refractivity contribution in [2.75, 3.05) is 11.0 Å². The number of hydrogen-bond donors (Lipinski definition) is 1. The van der Waals surface area contributed by atoms with Crippen LogP contribution in [0.3, 0.4) is 0 Å². The van der Waals surface area contributed by atoms with E-state index in [1.54, 1.807) is 6.07 Å². The maximum absolute atomic E-state index is 13.1. The van der Waals surface area contributed by atoms with Gasteiger partial charge in [0.1, 0.15) is 0 Å². The van der Waals surface area contributed by atoms with Crippen molar-refractivity contribution in [1.29, 1.82) is 0 Å². The van der Waals surface area contributed by atoms with Gasteiger partial charge in [-0.1, -0.05) is 34.7 Å². The molecule has 0 atom stereocenters. The average Bonchev–Trinajstić information content (AvgIpc) is 2.19. The largest absolute Gasteiger partial charge is 0.313 e. The van der Waals surface area contributed by atoms with E-state index in [4.69, 9.17) is 0 Å². The lowest BCUT2D eigenvalue weighted by Gasteiger charge is -2.05. The van der Waals surface area contributed by atoms with Crippen molar-refractivity contribution in [3.05, 3.63) is 35.4 Å². The van der Waals surface area contributed by atoms with E-state index in [2.05, 4.69) is 27.9 Å². The van der Waals surface area contributed by atoms with Crippen LogP contribution in [0.1, 0.15) is 12.0 Å². The van der Waals surface area contributed by atoms with Crippen LogP contribution >= 0.6 is 22.6 Å². The van der Waals surface area contributed by atoms with Gasteiger partial charge in [-0.05, 0) is 19.0 Å². The van der Waals surface area contributed by atoms with Gasteiger partial charge < -0.3 is 5.32 Å². The van der Waals surface area contributed by atoms with E-state index < -0.39 is 11.6 Å². The molecule has 1 rings (SSSR count). The Kier molecular flexibility index (Phi) is 5.32. The lowest BCUT2D eigenvalue weighted by Crippen LogP contribution is -2.16. The van der Waals surface area contributed by atoms with Gasteiger partial charge in [0.15, 0.2) is 11.6 Å². The summed E-state index contributed by atoms with van der Waals surface area (Å²) in [6.07, 6.45) is 1.04. The van der Waals surface area contributed by atoms with Crippen molar-refractivity contribution in [3.8, 4) is 0 Å². The first-order chi connectivity index (χ1) is 6.75. The van der Waals surface area contributed by atoms with Gasteiger partial charge in [0, 0.05) is 16.5 Å². The van der Waals surface area contributed by atoms with Crippen LogP contribution in [0, 0.1) is 11.6 Å². The highest BCUT2D eigenvalue weighted by Crippen LogP contribution is 2.10. The topological polar surface area (TPSA) is 12.0 Å². The molecule has 1 aromatic carbocycles. The first-order valence-corrected chi connectivity index (χ1v) is 5.98. The Morgan fingerprint density at radius 3 is 2.79 bits per heavy atom. The zero-order valence-electron chi connectivity index (χ0n) is 7.69. The van der Waals surface area contributed by atoms with Gasteiger partial charge in [0.25, 0.3) is 0 Å². The van der Waals surface area contributed by atoms with E-state index in [9.17, 15) is 8.78 Å². The number of hydrogen-bond acceptors (Lipinski definition) is 1. The number of benzene rings is 1. The molecule has 0 aliphatic rings. The van der Waals surface area contributed by atoms with Crippen molar-refractivity contribution in [2.24, 2.45) is 0 Å². The lowest BCUT2D eigenvalue weighted by molar-refractivity contribution is 0.493. The van der Waals surface area contributed by atoms with E-state index in [1.165, 1.54) is 6.07 Å². The monoisotopic (exact) mass is 311 g/mol. The molecular formula is C10H12F2IN. The fraction of sp³-hybridized carbons (Fsp3) is 0.400. The van der Waals surface area contributed by atoms with Crippen LogP contribution in [-0.4, -0.2) is 11.0 Å². The molecule has 0 heterocycles. The summed E-state index contributed by atoms with van der Waals surface area (Å²) in [7, 11) is 0. The maximum Gasteiger partial charge on any atom is 0.163 e. The molecule has 0 saturated heterocycles. The van der Waals surface area contributed by atoms with Crippen LogP contribution < -0.4 is 5.32 Å². The molecule has 0 aliphatic carbocycles. The Balaban J connectivity index is 2.46. The third-order valence-electron chi connectivity index (χ3n) is 1.83. The van der Waals surface area contributed by atoms with Crippen molar-refractivity contribution in [2.45, 2.75) is 13.0 Å². The predicted octanol–water partition coefficient (Wildman–Crippen LogP) is 2.88. The zero-order chi connectivity index (χ0) is 10.4. The number of rotatable bonds is 5. The predicted molar refractivity (Wildman–Crippen MR) is 61.6 cm³/mol. The molecule has 14 heavy (non-hydrogen) atoms. The van der Waals surface area contributed by atoms with E-state index in [1.807, 2.05) is 0 Å². The molecule has 1 aromatic rings. The smallest absolute Gasteiger partial charge is 0.163 e. The molecule has 0 spiro atoms. The summed E-state index contributed by atoms with van der Waals surface area (Å²) in [5.74, 6) is -1.52. The van der Waals surface area contributed by atoms with Crippen LogP contribution in [0.2, 0.25) is 0 Å². The third kappa shape index (κ3) is 3.49. The quantitative estimate of drug-likeness (QED) is 0.501. The fourth-order valence-electron chi connectivity index (χ4n) is 1.10. The molecule has 0 aromatic heterocycles. The summed E-state index contributed by atoms with van der Waals surface area (Å²) < 4.78 is 26.9.